The molecule has 0 saturated carbocycles. The molecule has 3 aromatic rings. The molecule has 0 saturated heterocycles. The lowest BCUT2D eigenvalue weighted by molar-refractivity contribution is 0.217. The zero-order chi connectivity index (χ0) is 13.2. The summed E-state index contributed by atoms with van der Waals surface area (Å²) in [5.74, 6) is 0. The van der Waals surface area contributed by atoms with Crippen molar-refractivity contribution in [3.63, 3.8) is 0 Å². The van der Waals surface area contributed by atoms with E-state index in [1.54, 1.807) is 12.4 Å². The van der Waals surface area contributed by atoms with E-state index in [2.05, 4.69) is 9.97 Å². The molecule has 1 unspecified atom stereocenters. The largest absolute Gasteiger partial charge is 0.382 e. The van der Waals surface area contributed by atoms with Gasteiger partial charge < -0.3 is 5.11 Å². The van der Waals surface area contributed by atoms with Crippen molar-refractivity contribution in [1.29, 1.82) is 0 Å². The SMILES string of the molecule is Cc1ccnc(C(O)c2cccc3ncccc23)c1. The molecule has 3 heteroatoms. The summed E-state index contributed by atoms with van der Waals surface area (Å²) in [5.41, 5.74) is 3.47. The molecule has 0 fully saturated rings. The Balaban J connectivity index is 2.14. The molecule has 3 rings (SSSR count). The first-order valence-corrected chi connectivity index (χ1v) is 6.20. The second-order valence-corrected chi connectivity index (χ2v) is 4.58. The number of aliphatic hydroxyl groups excluding tert-OH is 1. The average Bonchev–Trinajstić information content (AvgIpc) is 2.46. The van der Waals surface area contributed by atoms with Crippen LogP contribution < -0.4 is 0 Å². The van der Waals surface area contributed by atoms with E-state index < -0.39 is 6.10 Å². The average molecular weight is 250 g/mol. The maximum atomic E-state index is 10.5. The van der Waals surface area contributed by atoms with Crippen molar-refractivity contribution < 1.29 is 5.11 Å². The number of benzene rings is 1. The molecule has 0 spiro atoms. The number of pyridine rings is 2. The van der Waals surface area contributed by atoms with Crippen LogP contribution in [-0.2, 0) is 0 Å². The van der Waals surface area contributed by atoms with E-state index in [9.17, 15) is 5.11 Å². The Hall–Kier alpha value is -2.26. The van der Waals surface area contributed by atoms with Gasteiger partial charge in [-0.1, -0.05) is 18.2 Å². The topological polar surface area (TPSA) is 46.0 Å². The highest BCUT2D eigenvalue weighted by Crippen LogP contribution is 2.27. The quantitative estimate of drug-likeness (QED) is 0.760. The van der Waals surface area contributed by atoms with Crippen LogP contribution in [0.25, 0.3) is 10.9 Å². The molecule has 0 aliphatic carbocycles. The van der Waals surface area contributed by atoms with Gasteiger partial charge in [0.15, 0.2) is 0 Å². The number of hydrogen-bond acceptors (Lipinski definition) is 3. The molecule has 3 nitrogen and oxygen atoms in total. The first kappa shape index (κ1) is 11.8. The fourth-order valence-electron chi connectivity index (χ4n) is 2.23. The van der Waals surface area contributed by atoms with Crippen LogP contribution in [0.2, 0.25) is 0 Å². The minimum absolute atomic E-state index is 0.663. The normalized spacial score (nSPS) is 12.5. The number of aryl methyl sites for hydroxylation is 1. The third-order valence-electron chi connectivity index (χ3n) is 3.19. The highest BCUT2D eigenvalue weighted by Gasteiger charge is 2.14. The Kier molecular flexibility index (Phi) is 2.97. The summed E-state index contributed by atoms with van der Waals surface area (Å²) < 4.78 is 0. The van der Waals surface area contributed by atoms with Gasteiger partial charge in [0, 0.05) is 17.8 Å². The van der Waals surface area contributed by atoms with E-state index in [-0.39, 0.29) is 0 Å². The maximum Gasteiger partial charge on any atom is 0.122 e. The Morgan fingerprint density at radius 2 is 1.89 bits per heavy atom. The first-order chi connectivity index (χ1) is 9.25. The summed E-state index contributed by atoms with van der Waals surface area (Å²) in [6.07, 6.45) is 2.74. The minimum Gasteiger partial charge on any atom is -0.382 e. The number of rotatable bonds is 2. The number of aliphatic hydroxyl groups is 1. The van der Waals surface area contributed by atoms with Crippen LogP contribution in [0.4, 0.5) is 0 Å². The van der Waals surface area contributed by atoms with Gasteiger partial charge in [-0.3, -0.25) is 9.97 Å². The molecule has 0 radical (unpaired) electrons. The van der Waals surface area contributed by atoms with Gasteiger partial charge in [-0.25, -0.2) is 0 Å². The van der Waals surface area contributed by atoms with Crippen molar-refractivity contribution >= 4 is 10.9 Å². The van der Waals surface area contributed by atoms with Gasteiger partial charge in [0.1, 0.15) is 6.10 Å². The number of aromatic nitrogens is 2. The Bertz CT molecular complexity index is 719. The summed E-state index contributed by atoms with van der Waals surface area (Å²) in [7, 11) is 0. The molecule has 1 aromatic carbocycles. The van der Waals surface area contributed by atoms with Crippen LogP contribution >= 0.6 is 0 Å². The predicted molar refractivity (Wildman–Crippen MR) is 74.8 cm³/mol. The van der Waals surface area contributed by atoms with Gasteiger partial charge in [0.25, 0.3) is 0 Å². The Morgan fingerprint density at radius 3 is 2.74 bits per heavy atom. The van der Waals surface area contributed by atoms with Gasteiger partial charge in [-0.2, -0.15) is 0 Å². The lowest BCUT2D eigenvalue weighted by Gasteiger charge is -2.13. The molecule has 0 aliphatic rings. The summed E-state index contributed by atoms with van der Waals surface area (Å²) in [6.45, 7) is 1.99. The third-order valence-corrected chi connectivity index (χ3v) is 3.19. The van der Waals surface area contributed by atoms with Crippen LogP contribution in [0.15, 0.2) is 54.9 Å². The number of fused-ring (bicyclic) bond motifs is 1. The number of nitrogens with zero attached hydrogens (tertiary/aromatic N) is 2. The molecule has 94 valence electrons. The van der Waals surface area contributed by atoms with Crippen LogP contribution in [-0.4, -0.2) is 15.1 Å². The van der Waals surface area contributed by atoms with Gasteiger partial charge in [0.05, 0.1) is 11.2 Å². The fraction of sp³-hybridized carbons (Fsp3) is 0.125. The van der Waals surface area contributed by atoms with Crippen molar-refractivity contribution in [2.24, 2.45) is 0 Å². The third kappa shape index (κ3) is 2.20. The number of hydrogen-bond donors (Lipinski definition) is 1. The van der Waals surface area contributed by atoms with Crippen molar-refractivity contribution in [3.05, 3.63) is 71.7 Å². The first-order valence-electron chi connectivity index (χ1n) is 6.20. The maximum absolute atomic E-state index is 10.5. The van der Waals surface area contributed by atoms with E-state index >= 15 is 0 Å². The van der Waals surface area contributed by atoms with Gasteiger partial charge >= 0.3 is 0 Å². The van der Waals surface area contributed by atoms with Gasteiger partial charge in [-0.05, 0) is 42.3 Å². The molecule has 2 heterocycles. The highest BCUT2D eigenvalue weighted by atomic mass is 16.3. The van der Waals surface area contributed by atoms with Gasteiger partial charge in [-0.15, -0.1) is 0 Å². The molecule has 0 aliphatic heterocycles. The van der Waals surface area contributed by atoms with Gasteiger partial charge in [0.2, 0.25) is 0 Å². The second kappa shape index (κ2) is 4.78. The van der Waals surface area contributed by atoms with E-state index in [1.165, 1.54) is 0 Å². The van der Waals surface area contributed by atoms with Crippen molar-refractivity contribution in [2.45, 2.75) is 13.0 Å². The summed E-state index contributed by atoms with van der Waals surface area (Å²) in [6, 6.07) is 13.4. The molecule has 1 atom stereocenters. The van der Waals surface area contributed by atoms with Crippen molar-refractivity contribution in [2.75, 3.05) is 0 Å². The molecule has 19 heavy (non-hydrogen) atoms. The monoisotopic (exact) mass is 250 g/mol. The molecule has 2 aromatic heterocycles. The van der Waals surface area contributed by atoms with E-state index in [1.807, 2.05) is 49.4 Å². The van der Waals surface area contributed by atoms with E-state index in [4.69, 9.17) is 0 Å². The smallest absolute Gasteiger partial charge is 0.122 e. The van der Waals surface area contributed by atoms with Crippen LogP contribution in [0.1, 0.15) is 22.9 Å². The molecule has 0 bridgehead atoms. The van der Waals surface area contributed by atoms with Crippen molar-refractivity contribution in [3.8, 4) is 0 Å². The summed E-state index contributed by atoms with van der Waals surface area (Å²) in [5, 5.41) is 11.5. The fourth-order valence-corrected chi connectivity index (χ4v) is 2.23. The highest BCUT2D eigenvalue weighted by molar-refractivity contribution is 5.82. The van der Waals surface area contributed by atoms with Crippen LogP contribution in [0, 0.1) is 6.92 Å². The Morgan fingerprint density at radius 1 is 1.00 bits per heavy atom. The Labute approximate surface area is 111 Å². The molecule has 1 N–H and O–H groups in total. The minimum atomic E-state index is -0.729. The molecule has 0 amide bonds. The standard InChI is InChI=1S/C16H14N2O/c1-11-7-9-18-15(10-11)16(19)13-4-2-6-14-12(13)5-3-8-17-14/h2-10,16,19H,1H3. The summed E-state index contributed by atoms with van der Waals surface area (Å²) >= 11 is 0. The molecular formula is C16H14N2O. The van der Waals surface area contributed by atoms with Crippen LogP contribution in [0.5, 0.6) is 0 Å². The van der Waals surface area contributed by atoms with E-state index in [0.717, 1.165) is 22.0 Å². The summed E-state index contributed by atoms with van der Waals surface area (Å²) in [4.78, 5) is 8.56. The predicted octanol–water partition coefficient (Wildman–Crippen LogP) is 3.02. The van der Waals surface area contributed by atoms with Crippen LogP contribution in [0.3, 0.4) is 0 Å². The van der Waals surface area contributed by atoms with Crippen molar-refractivity contribution in [1.82, 2.24) is 9.97 Å². The second-order valence-electron chi connectivity index (χ2n) is 4.58. The zero-order valence-electron chi connectivity index (χ0n) is 10.6. The molecular weight excluding hydrogens is 236 g/mol. The lowest BCUT2D eigenvalue weighted by Crippen LogP contribution is -2.03. The lowest BCUT2D eigenvalue weighted by atomic mass is 10.0. The van der Waals surface area contributed by atoms with E-state index in [0.29, 0.717) is 5.69 Å². The zero-order valence-corrected chi connectivity index (χ0v) is 10.6.